The summed E-state index contributed by atoms with van der Waals surface area (Å²) < 4.78 is 32.8. The quantitative estimate of drug-likeness (QED) is 0.843. The normalized spacial score (nSPS) is 13.4. The van der Waals surface area contributed by atoms with E-state index in [2.05, 4.69) is 5.32 Å². The van der Waals surface area contributed by atoms with Crippen molar-refractivity contribution in [3.63, 3.8) is 0 Å². The number of anilines is 1. The zero-order chi connectivity index (χ0) is 14.0. The van der Waals surface area contributed by atoms with Crippen LogP contribution < -0.4 is 5.32 Å². The first-order chi connectivity index (χ1) is 8.93. The number of nitrogens with one attached hydrogen (secondary N) is 1. The molecule has 0 heterocycles. The lowest BCUT2D eigenvalue weighted by Crippen LogP contribution is -2.16. The standard InChI is InChI=1S/C14H17NO3S/c1-3-10(2)15-13-9-8-11-6-4-5-7-12(11)14(13)19(16,17)18/h4-10,15H,3H2,1-2H3,(H,16,17,18). The molecule has 102 valence electrons. The fraction of sp³-hybridized carbons (Fsp3) is 0.286. The van der Waals surface area contributed by atoms with Crippen LogP contribution in [0.3, 0.4) is 0 Å². The van der Waals surface area contributed by atoms with Crippen LogP contribution in [0.15, 0.2) is 41.3 Å². The number of fused-ring (bicyclic) bond motifs is 1. The van der Waals surface area contributed by atoms with Crippen LogP contribution in [-0.4, -0.2) is 19.0 Å². The summed E-state index contributed by atoms with van der Waals surface area (Å²) in [4.78, 5) is -0.0501. The van der Waals surface area contributed by atoms with E-state index in [4.69, 9.17) is 0 Å². The Morgan fingerprint density at radius 1 is 1.21 bits per heavy atom. The highest BCUT2D eigenvalue weighted by atomic mass is 32.2. The molecule has 0 saturated carbocycles. The van der Waals surface area contributed by atoms with Gasteiger partial charge in [-0.3, -0.25) is 4.55 Å². The Kier molecular flexibility index (Phi) is 3.78. The molecule has 0 radical (unpaired) electrons. The predicted octanol–water partition coefficient (Wildman–Crippen LogP) is 3.30. The van der Waals surface area contributed by atoms with Gasteiger partial charge < -0.3 is 5.32 Å². The fourth-order valence-electron chi connectivity index (χ4n) is 2.00. The van der Waals surface area contributed by atoms with Gasteiger partial charge in [-0.05, 0) is 24.8 Å². The molecule has 0 aliphatic rings. The average molecular weight is 279 g/mol. The molecule has 4 nitrogen and oxygen atoms in total. The van der Waals surface area contributed by atoms with Crippen molar-refractivity contribution in [1.82, 2.24) is 0 Å². The van der Waals surface area contributed by atoms with Crippen LogP contribution in [0, 0.1) is 0 Å². The number of hydrogen-bond donors (Lipinski definition) is 2. The minimum absolute atomic E-state index is 0.0501. The molecule has 2 rings (SSSR count). The van der Waals surface area contributed by atoms with Gasteiger partial charge in [0.15, 0.2) is 0 Å². The molecule has 0 aromatic heterocycles. The van der Waals surface area contributed by atoms with Crippen molar-refractivity contribution < 1.29 is 13.0 Å². The van der Waals surface area contributed by atoms with Crippen molar-refractivity contribution in [3.8, 4) is 0 Å². The maximum Gasteiger partial charge on any atom is 0.297 e. The molecule has 0 saturated heterocycles. The van der Waals surface area contributed by atoms with Crippen LogP contribution in [0.2, 0.25) is 0 Å². The Labute approximate surface area is 113 Å². The largest absolute Gasteiger partial charge is 0.381 e. The zero-order valence-corrected chi connectivity index (χ0v) is 11.7. The Balaban J connectivity index is 2.71. The van der Waals surface area contributed by atoms with E-state index < -0.39 is 10.1 Å². The van der Waals surface area contributed by atoms with Crippen LogP contribution in [0.5, 0.6) is 0 Å². The Morgan fingerprint density at radius 3 is 2.53 bits per heavy atom. The van der Waals surface area contributed by atoms with E-state index in [9.17, 15) is 13.0 Å². The van der Waals surface area contributed by atoms with Crippen LogP contribution in [-0.2, 0) is 10.1 Å². The van der Waals surface area contributed by atoms with Gasteiger partial charge in [-0.1, -0.05) is 37.3 Å². The lowest BCUT2D eigenvalue weighted by molar-refractivity contribution is 0.484. The van der Waals surface area contributed by atoms with Gasteiger partial charge in [0, 0.05) is 11.4 Å². The molecule has 0 fully saturated rings. The maximum absolute atomic E-state index is 11.7. The lowest BCUT2D eigenvalue weighted by Gasteiger charge is -2.17. The van der Waals surface area contributed by atoms with E-state index >= 15 is 0 Å². The molecule has 2 aromatic carbocycles. The minimum Gasteiger partial charge on any atom is -0.381 e. The van der Waals surface area contributed by atoms with Gasteiger partial charge in [0.05, 0.1) is 5.69 Å². The van der Waals surface area contributed by atoms with Crippen LogP contribution in [0.4, 0.5) is 5.69 Å². The molecule has 19 heavy (non-hydrogen) atoms. The van der Waals surface area contributed by atoms with E-state index in [1.54, 1.807) is 18.2 Å². The summed E-state index contributed by atoms with van der Waals surface area (Å²) in [5, 5.41) is 4.43. The smallest absolute Gasteiger partial charge is 0.297 e. The topological polar surface area (TPSA) is 66.4 Å². The van der Waals surface area contributed by atoms with Gasteiger partial charge in [-0.15, -0.1) is 0 Å². The maximum atomic E-state index is 11.7. The number of benzene rings is 2. The van der Waals surface area contributed by atoms with Crippen LogP contribution in [0.25, 0.3) is 10.8 Å². The molecule has 5 heteroatoms. The first kappa shape index (κ1) is 13.8. The zero-order valence-electron chi connectivity index (χ0n) is 10.9. The summed E-state index contributed by atoms with van der Waals surface area (Å²) in [5.74, 6) is 0. The third-order valence-electron chi connectivity index (χ3n) is 3.15. The third kappa shape index (κ3) is 2.88. The Morgan fingerprint density at radius 2 is 1.89 bits per heavy atom. The van der Waals surface area contributed by atoms with Crippen LogP contribution in [0.1, 0.15) is 20.3 Å². The third-order valence-corrected chi connectivity index (χ3v) is 4.11. The summed E-state index contributed by atoms with van der Waals surface area (Å²) in [6.45, 7) is 3.97. The molecule has 0 bridgehead atoms. The SMILES string of the molecule is CCC(C)Nc1ccc2ccccc2c1S(=O)(=O)O. The lowest BCUT2D eigenvalue weighted by atomic mass is 10.1. The predicted molar refractivity (Wildman–Crippen MR) is 77.1 cm³/mol. The molecule has 0 aliphatic carbocycles. The summed E-state index contributed by atoms with van der Waals surface area (Å²) >= 11 is 0. The first-order valence-corrected chi connectivity index (χ1v) is 7.63. The highest BCUT2D eigenvalue weighted by Gasteiger charge is 2.19. The van der Waals surface area contributed by atoms with Gasteiger partial charge >= 0.3 is 0 Å². The van der Waals surface area contributed by atoms with E-state index in [-0.39, 0.29) is 10.9 Å². The fourth-order valence-corrected chi connectivity index (χ4v) is 2.87. The van der Waals surface area contributed by atoms with Crippen molar-refractivity contribution in [3.05, 3.63) is 36.4 Å². The summed E-state index contributed by atoms with van der Waals surface area (Å²) in [6, 6.07) is 10.8. The number of hydrogen-bond acceptors (Lipinski definition) is 3. The molecule has 0 aliphatic heterocycles. The molecule has 2 aromatic rings. The van der Waals surface area contributed by atoms with E-state index in [0.29, 0.717) is 11.1 Å². The van der Waals surface area contributed by atoms with Crippen molar-refractivity contribution in [2.24, 2.45) is 0 Å². The minimum atomic E-state index is -4.28. The second-order valence-electron chi connectivity index (χ2n) is 4.59. The van der Waals surface area contributed by atoms with E-state index in [1.165, 1.54) is 0 Å². The van der Waals surface area contributed by atoms with Crippen molar-refractivity contribution in [2.45, 2.75) is 31.2 Å². The van der Waals surface area contributed by atoms with Gasteiger partial charge in [0.25, 0.3) is 10.1 Å². The molecular weight excluding hydrogens is 262 g/mol. The average Bonchev–Trinajstić information content (AvgIpc) is 2.36. The van der Waals surface area contributed by atoms with Gasteiger partial charge in [-0.2, -0.15) is 8.42 Å². The van der Waals surface area contributed by atoms with Crippen molar-refractivity contribution in [2.75, 3.05) is 5.32 Å². The van der Waals surface area contributed by atoms with Gasteiger partial charge in [-0.25, -0.2) is 0 Å². The van der Waals surface area contributed by atoms with E-state index in [1.807, 2.05) is 32.0 Å². The Bertz CT molecular complexity index is 695. The second kappa shape index (κ2) is 5.19. The highest BCUT2D eigenvalue weighted by molar-refractivity contribution is 7.86. The summed E-state index contributed by atoms with van der Waals surface area (Å²) in [6.07, 6.45) is 0.859. The molecule has 2 N–H and O–H groups in total. The number of rotatable bonds is 4. The van der Waals surface area contributed by atoms with Crippen molar-refractivity contribution >= 4 is 26.6 Å². The molecule has 0 amide bonds. The van der Waals surface area contributed by atoms with Crippen molar-refractivity contribution in [1.29, 1.82) is 0 Å². The van der Waals surface area contributed by atoms with E-state index in [0.717, 1.165) is 11.8 Å². The summed E-state index contributed by atoms with van der Waals surface area (Å²) in [5.41, 5.74) is 0.440. The van der Waals surface area contributed by atoms with Gasteiger partial charge in [0.2, 0.25) is 0 Å². The summed E-state index contributed by atoms with van der Waals surface area (Å²) in [7, 11) is -4.28. The molecule has 0 spiro atoms. The Hall–Kier alpha value is -1.59. The monoisotopic (exact) mass is 279 g/mol. The molecular formula is C14H17NO3S. The highest BCUT2D eigenvalue weighted by Crippen LogP contribution is 2.30. The molecule has 1 atom stereocenters. The first-order valence-electron chi connectivity index (χ1n) is 6.19. The van der Waals surface area contributed by atoms with Gasteiger partial charge in [0.1, 0.15) is 4.90 Å². The second-order valence-corrected chi connectivity index (χ2v) is 5.95. The molecule has 1 unspecified atom stereocenters. The van der Waals surface area contributed by atoms with Crippen LogP contribution >= 0.6 is 0 Å².